The second-order valence-corrected chi connectivity index (χ2v) is 10.1. The van der Waals surface area contributed by atoms with Gasteiger partial charge in [0.1, 0.15) is 0 Å². The summed E-state index contributed by atoms with van der Waals surface area (Å²) in [7, 11) is -3.07. The molecule has 1 aliphatic heterocycles. The van der Waals surface area contributed by atoms with Gasteiger partial charge in [-0.15, -0.1) is 0 Å². The number of aromatic nitrogens is 1. The Morgan fingerprint density at radius 2 is 1.48 bits per heavy atom. The van der Waals surface area contributed by atoms with Gasteiger partial charge in [0.05, 0.1) is 5.75 Å². The molecule has 3 aromatic rings. The van der Waals surface area contributed by atoms with E-state index in [1.165, 1.54) is 27.4 Å². The van der Waals surface area contributed by atoms with E-state index >= 15 is 0 Å². The van der Waals surface area contributed by atoms with Gasteiger partial charge in [0.15, 0.2) is 0 Å². The smallest absolute Gasteiger partial charge is 0.414 e. The summed E-state index contributed by atoms with van der Waals surface area (Å²) in [4.78, 5) is 20.5. The molecule has 9 nitrogen and oxygen atoms in total. The Balaban J connectivity index is 0.000000454. The lowest BCUT2D eigenvalue weighted by atomic mass is 10.1. The number of sulfonamides is 1. The zero-order valence-electron chi connectivity index (χ0n) is 18.8. The van der Waals surface area contributed by atoms with Crippen molar-refractivity contribution in [3.63, 3.8) is 0 Å². The predicted molar refractivity (Wildman–Crippen MR) is 127 cm³/mol. The number of carboxylic acid groups (broad SMARTS) is 2. The van der Waals surface area contributed by atoms with Crippen LogP contribution in [0.1, 0.15) is 19.4 Å². The van der Waals surface area contributed by atoms with Crippen LogP contribution >= 0.6 is 0 Å². The summed E-state index contributed by atoms with van der Waals surface area (Å²) in [6.07, 6.45) is 0. The maximum absolute atomic E-state index is 12.0. The van der Waals surface area contributed by atoms with Crippen LogP contribution in [-0.2, 0) is 32.7 Å². The molecule has 4 rings (SSSR count). The van der Waals surface area contributed by atoms with E-state index in [0.29, 0.717) is 13.1 Å². The molecule has 0 saturated carbocycles. The van der Waals surface area contributed by atoms with Crippen molar-refractivity contribution in [1.29, 1.82) is 0 Å². The molecular formula is C23H29N3O6S. The molecule has 10 heteroatoms. The third-order valence-electron chi connectivity index (χ3n) is 5.83. The van der Waals surface area contributed by atoms with Crippen LogP contribution in [0.5, 0.6) is 0 Å². The van der Waals surface area contributed by atoms with E-state index in [1.54, 1.807) is 11.2 Å². The average molecular weight is 476 g/mol. The van der Waals surface area contributed by atoms with E-state index in [-0.39, 0.29) is 5.75 Å². The first-order valence-corrected chi connectivity index (χ1v) is 12.4. The van der Waals surface area contributed by atoms with Gasteiger partial charge in [-0.3, -0.25) is 4.90 Å². The van der Waals surface area contributed by atoms with Gasteiger partial charge in [-0.25, -0.2) is 18.0 Å². The number of benzene rings is 2. The number of carbonyl (C=O) groups is 2. The average Bonchev–Trinajstić information content (AvgIpc) is 3.13. The molecule has 2 N–H and O–H groups in total. The highest BCUT2D eigenvalue weighted by Crippen LogP contribution is 2.30. The Hall–Kier alpha value is -2.95. The summed E-state index contributed by atoms with van der Waals surface area (Å²) in [6.45, 7) is 8.47. The number of hydrogen-bond donors (Lipinski definition) is 2. The van der Waals surface area contributed by atoms with Gasteiger partial charge in [0.2, 0.25) is 10.0 Å². The van der Waals surface area contributed by atoms with Gasteiger partial charge >= 0.3 is 11.9 Å². The van der Waals surface area contributed by atoms with Crippen LogP contribution in [0.4, 0.5) is 0 Å². The van der Waals surface area contributed by atoms with Crippen LogP contribution < -0.4 is 0 Å². The maximum Gasteiger partial charge on any atom is 0.414 e. The molecule has 0 spiro atoms. The van der Waals surface area contributed by atoms with Crippen molar-refractivity contribution in [3.05, 3.63) is 48.0 Å². The van der Waals surface area contributed by atoms with Gasteiger partial charge in [0, 0.05) is 61.1 Å². The van der Waals surface area contributed by atoms with Crippen LogP contribution in [-0.4, -0.2) is 76.3 Å². The monoisotopic (exact) mass is 475 g/mol. The summed E-state index contributed by atoms with van der Waals surface area (Å²) in [5.74, 6) is -3.46. The third-order valence-corrected chi connectivity index (χ3v) is 7.71. The fraction of sp³-hybridized carbons (Fsp3) is 0.391. The molecule has 2 heterocycles. The number of para-hydroxylation sites is 1. The Kier molecular flexibility index (Phi) is 7.72. The standard InChI is InChI=1S/C21H27N3O2S.C2H2O4/c1-3-24-20-8-6-5-7-18(20)19-15-17(9-10-21(19)24)16-22-11-13-23(14-12-22)27(25,26)4-2;3-1(4)2(5)6/h5-10,15H,3-4,11-14,16H2,1-2H3;(H,3,4)(H,5,6). The minimum absolute atomic E-state index is 0.186. The molecule has 0 amide bonds. The first kappa shape index (κ1) is 24.7. The molecule has 0 atom stereocenters. The van der Waals surface area contributed by atoms with E-state index in [2.05, 4.69) is 58.9 Å². The zero-order chi connectivity index (χ0) is 24.2. The molecule has 178 valence electrons. The van der Waals surface area contributed by atoms with Crippen LogP contribution in [0.25, 0.3) is 21.8 Å². The summed E-state index contributed by atoms with van der Waals surface area (Å²) in [5.41, 5.74) is 3.85. The molecule has 1 fully saturated rings. The van der Waals surface area contributed by atoms with Crippen molar-refractivity contribution in [2.75, 3.05) is 31.9 Å². The molecule has 0 radical (unpaired) electrons. The lowest BCUT2D eigenvalue weighted by Crippen LogP contribution is -2.48. The van der Waals surface area contributed by atoms with Gasteiger partial charge in [-0.05, 0) is 37.6 Å². The quantitative estimate of drug-likeness (QED) is 0.544. The van der Waals surface area contributed by atoms with Crippen LogP contribution in [0.3, 0.4) is 0 Å². The van der Waals surface area contributed by atoms with Gasteiger partial charge < -0.3 is 14.8 Å². The number of fused-ring (bicyclic) bond motifs is 3. The van der Waals surface area contributed by atoms with Crippen LogP contribution in [0, 0.1) is 0 Å². The Bertz CT molecular complexity index is 1250. The minimum Gasteiger partial charge on any atom is -0.473 e. The van der Waals surface area contributed by atoms with Crippen molar-refractivity contribution < 1.29 is 28.2 Å². The number of carboxylic acids is 2. The molecule has 1 aliphatic rings. The fourth-order valence-corrected chi connectivity index (χ4v) is 5.23. The normalized spacial score (nSPS) is 15.3. The number of rotatable bonds is 5. The lowest BCUT2D eigenvalue weighted by Gasteiger charge is -2.33. The number of aliphatic carboxylic acids is 2. The van der Waals surface area contributed by atoms with Gasteiger partial charge in [-0.1, -0.05) is 24.3 Å². The lowest BCUT2D eigenvalue weighted by molar-refractivity contribution is -0.159. The summed E-state index contributed by atoms with van der Waals surface area (Å²) in [6, 6.07) is 15.3. The van der Waals surface area contributed by atoms with E-state index in [4.69, 9.17) is 19.8 Å². The molecule has 0 aliphatic carbocycles. The number of aryl methyl sites for hydroxylation is 1. The topological polar surface area (TPSA) is 120 Å². The number of piperazine rings is 1. The number of nitrogens with zero attached hydrogens (tertiary/aromatic N) is 3. The maximum atomic E-state index is 12.0. The molecule has 0 bridgehead atoms. The highest BCUT2D eigenvalue weighted by atomic mass is 32.2. The van der Waals surface area contributed by atoms with Crippen molar-refractivity contribution in [1.82, 2.24) is 13.8 Å². The molecule has 1 saturated heterocycles. The van der Waals surface area contributed by atoms with Crippen molar-refractivity contribution in [2.45, 2.75) is 26.9 Å². The van der Waals surface area contributed by atoms with E-state index in [9.17, 15) is 8.42 Å². The second kappa shape index (κ2) is 10.3. The van der Waals surface area contributed by atoms with Crippen LogP contribution in [0.15, 0.2) is 42.5 Å². The highest BCUT2D eigenvalue weighted by molar-refractivity contribution is 7.89. The zero-order valence-corrected chi connectivity index (χ0v) is 19.6. The SMILES string of the molecule is CCn1c2ccccc2c2cc(CN3CCN(S(=O)(=O)CC)CC3)ccc21.O=C(O)C(=O)O. The van der Waals surface area contributed by atoms with Gasteiger partial charge in [0.25, 0.3) is 0 Å². The number of hydrogen-bond acceptors (Lipinski definition) is 5. The Morgan fingerprint density at radius 1 is 0.879 bits per heavy atom. The van der Waals surface area contributed by atoms with E-state index in [0.717, 1.165) is 26.2 Å². The van der Waals surface area contributed by atoms with E-state index in [1.807, 2.05) is 0 Å². The molecule has 1 aromatic heterocycles. The Labute approximate surface area is 192 Å². The van der Waals surface area contributed by atoms with Crippen LogP contribution in [0.2, 0.25) is 0 Å². The van der Waals surface area contributed by atoms with E-state index < -0.39 is 22.0 Å². The minimum atomic E-state index is -3.07. The largest absolute Gasteiger partial charge is 0.473 e. The van der Waals surface area contributed by atoms with Gasteiger partial charge in [-0.2, -0.15) is 4.31 Å². The summed E-state index contributed by atoms with van der Waals surface area (Å²) in [5, 5.41) is 17.4. The first-order chi connectivity index (χ1) is 15.7. The van der Waals surface area contributed by atoms with Crippen molar-refractivity contribution in [3.8, 4) is 0 Å². The Morgan fingerprint density at radius 3 is 2.06 bits per heavy atom. The van der Waals surface area contributed by atoms with Crippen molar-refractivity contribution >= 4 is 43.8 Å². The fourth-order valence-electron chi connectivity index (χ4n) is 4.15. The third kappa shape index (κ3) is 5.52. The summed E-state index contributed by atoms with van der Waals surface area (Å²) >= 11 is 0. The second-order valence-electron chi connectivity index (χ2n) is 7.80. The molecule has 0 unspecified atom stereocenters. The highest BCUT2D eigenvalue weighted by Gasteiger charge is 2.25. The molecule has 2 aromatic carbocycles. The molecule has 33 heavy (non-hydrogen) atoms. The summed E-state index contributed by atoms with van der Waals surface area (Å²) < 4.78 is 28.0. The molecular weight excluding hydrogens is 446 g/mol. The van der Waals surface area contributed by atoms with Crippen molar-refractivity contribution in [2.24, 2.45) is 0 Å². The first-order valence-electron chi connectivity index (χ1n) is 10.8. The predicted octanol–water partition coefficient (Wildman–Crippen LogP) is 2.44.